The summed E-state index contributed by atoms with van der Waals surface area (Å²) in [4.78, 5) is 16.9. The van der Waals surface area contributed by atoms with Crippen LogP contribution in [0, 0.1) is 11.8 Å². The average Bonchev–Trinajstić information content (AvgIpc) is 2.67. The molecule has 1 aliphatic rings. The van der Waals surface area contributed by atoms with E-state index < -0.39 is 0 Å². The number of hydrogen-bond donors (Lipinski definition) is 3. The van der Waals surface area contributed by atoms with Gasteiger partial charge in [0.2, 0.25) is 0 Å². The highest BCUT2D eigenvalue weighted by molar-refractivity contribution is 9.10. The van der Waals surface area contributed by atoms with Gasteiger partial charge in [-0.1, -0.05) is 13.8 Å². The molecule has 2 unspecified atom stereocenters. The molecule has 0 aliphatic heterocycles. The highest BCUT2D eigenvalue weighted by Gasteiger charge is 2.24. The van der Waals surface area contributed by atoms with E-state index in [1.165, 1.54) is 19.3 Å². The van der Waals surface area contributed by atoms with Crippen molar-refractivity contribution in [2.24, 2.45) is 11.8 Å². The Morgan fingerprint density at radius 1 is 1.10 bits per heavy atom. The van der Waals surface area contributed by atoms with Gasteiger partial charge in [-0.2, -0.15) is 0 Å². The second-order valence-corrected chi connectivity index (χ2v) is 7.07. The summed E-state index contributed by atoms with van der Waals surface area (Å²) in [7, 11) is 0. The molecule has 5 heteroatoms. The van der Waals surface area contributed by atoms with Gasteiger partial charge in [-0.15, -0.1) is 0 Å². The molecule has 108 valence electrons. The van der Waals surface area contributed by atoms with Gasteiger partial charge in [0, 0.05) is 10.5 Å². The van der Waals surface area contributed by atoms with Crippen LogP contribution in [0.1, 0.15) is 33.1 Å². The van der Waals surface area contributed by atoms with Gasteiger partial charge in [-0.05, 0) is 59.2 Å². The number of rotatable bonds is 2. The number of halogens is 1. The molecule has 1 aromatic heterocycles. The number of aromatic nitrogens is 2. The third kappa shape index (κ3) is 2.77. The van der Waals surface area contributed by atoms with E-state index in [9.17, 15) is 4.79 Å². The van der Waals surface area contributed by atoms with Crippen LogP contribution in [0.3, 0.4) is 0 Å². The van der Waals surface area contributed by atoms with Gasteiger partial charge in [0.15, 0.2) is 0 Å². The number of anilines is 1. The Hall–Kier alpha value is -1.23. The quantitative estimate of drug-likeness (QED) is 0.779. The van der Waals surface area contributed by atoms with Crippen LogP contribution in [-0.4, -0.2) is 16.0 Å². The third-order valence-electron chi connectivity index (χ3n) is 4.14. The van der Waals surface area contributed by atoms with Crippen LogP contribution in [-0.2, 0) is 0 Å². The predicted molar refractivity (Wildman–Crippen MR) is 86.2 cm³/mol. The van der Waals surface area contributed by atoms with Gasteiger partial charge in [0.05, 0.1) is 16.7 Å². The summed E-state index contributed by atoms with van der Waals surface area (Å²) in [5.74, 6) is 1.54. The lowest BCUT2D eigenvalue weighted by atomic mass is 9.80. The van der Waals surface area contributed by atoms with Gasteiger partial charge in [-0.25, -0.2) is 4.79 Å². The third-order valence-corrected chi connectivity index (χ3v) is 4.80. The van der Waals surface area contributed by atoms with Crippen LogP contribution >= 0.6 is 15.9 Å². The van der Waals surface area contributed by atoms with Crippen molar-refractivity contribution in [3.8, 4) is 0 Å². The van der Waals surface area contributed by atoms with Crippen molar-refractivity contribution in [1.29, 1.82) is 0 Å². The van der Waals surface area contributed by atoms with E-state index in [-0.39, 0.29) is 5.69 Å². The molecule has 0 bridgehead atoms. The molecule has 0 amide bonds. The van der Waals surface area contributed by atoms with Gasteiger partial charge in [-0.3, -0.25) is 0 Å². The number of nitrogens with one attached hydrogen (secondary N) is 3. The molecule has 0 saturated heterocycles. The number of imidazole rings is 1. The first-order valence-corrected chi connectivity index (χ1v) is 7.98. The van der Waals surface area contributed by atoms with Crippen LogP contribution in [0.4, 0.5) is 5.69 Å². The van der Waals surface area contributed by atoms with Crippen LogP contribution < -0.4 is 11.0 Å². The fraction of sp³-hybridized carbons (Fsp3) is 0.533. The Labute approximate surface area is 126 Å². The maximum absolute atomic E-state index is 11.3. The van der Waals surface area contributed by atoms with E-state index in [0.717, 1.165) is 33.0 Å². The summed E-state index contributed by atoms with van der Waals surface area (Å²) in [5, 5.41) is 3.63. The van der Waals surface area contributed by atoms with Crippen molar-refractivity contribution in [1.82, 2.24) is 9.97 Å². The number of H-pyrrole nitrogens is 2. The molecule has 0 radical (unpaired) electrons. The second kappa shape index (κ2) is 5.28. The lowest BCUT2D eigenvalue weighted by molar-refractivity contribution is 0.281. The molecular weight excluding hydrogens is 318 g/mol. The normalized spacial score (nSPS) is 26.9. The minimum absolute atomic E-state index is 0.163. The highest BCUT2D eigenvalue weighted by atomic mass is 79.9. The molecule has 1 saturated carbocycles. The van der Waals surface area contributed by atoms with E-state index in [2.05, 4.69) is 45.1 Å². The minimum atomic E-state index is -0.163. The van der Waals surface area contributed by atoms with Crippen molar-refractivity contribution in [3.63, 3.8) is 0 Å². The van der Waals surface area contributed by atoms with Gasteiger partial charge in [0.25, 0.3) is 0 Å². The SMILES string of the molecule is CC1CC(C)CC(Nc2cc3[nH]c(=O)[nH]c3cc2Br)C1. The summed E-state index contributed by atoms with van der Waals surface area (Å²) < 4.78 is 0.992. The number of fused-ring (bicyclic) bond motifs is 1. The molecule has 1 fully saturated rings. The number of hydrogen-bond acceptors (Lipinski definition) is 2. The molecule has 1 aromatic carbocycles. The molecule has 1 aliphatic carbocycles. The van der Waals surface area contributed by atoms with E-state index in [1.807, 2.05) is 12.1 Å². The molecule has 1 heterocycles. The fourth-order valence-electron chi connectivity index (χ4n) is 3.45. The van der Waals surface area contributed by atoms with Crippen molar-refractivity contribution in [2.75, 3.05) is 5.32 Å². The van der Waals surface area contributed by atoms with Crippen molar-refractivity contribution in [2.45, 2.75) is 39.2 Å². The molecule has 0 spiro atoms. The maximum atomic E-state index is 11.3. The Morgan fingerprint density at radius 2 is 1.70 bits per heavy atom. The Bertz CT molecular complexity index is 665. The lowest BCUT2D eigenvalue weighted by Crippen LogP contribution is -2.30. The topological polar surface area (TPSA) is 60.7 Å². The van der Waals surface area contributed by atoms with Crippen LogP contribution in [0.5, 0.6) is 0 Å². The molecule has 2 aromatic rings. The molecular formula is C15H20BrN3O. The lowest BCUT2D eigenvalue weighted by Gasteiger charge is -2.32. The minimum Gasteiger partial charge on any atom is -0.381 e. The zero-order valence-electron chi connectivity index (χ0n) is 11.8. The molecule has 2 atom stereocenters. The second-order valence-electron chi connectivity index (χ2n) is 6.22. The van der Waals surface area contributed by atoms with E-state index in [0.29, 0.717) is 6.04 Å². The zero-order chi connectivity index (χ0) is 14.3. The van der Waals surface area contributed by atoms with Gasteiger partial charge < -0.3 is 15.3 Å². The summed E-state index contributed by atoms with van der Waals surface area (Å²) in [5.41, 5.74) is 2.57. The Kier molecular flexibility index (Phi) is 3.63. The Balaban J connectivity index is 1.86. The van der Waals surface area contributed by atoms with Gasteiger partial charge in [0.1, 0.15) is 0 Å². The van der Waals surface area contributed by atoms with Gasteiger partial charge >= 0.3 is 5.69 Å². The first kappa shape index (κ1) is 13.7. The first-order chi connectivity index (χ1) is 9.51. The Morgan fingerprint density at radius 3 is 2.35 bits per heavy atom. The predicted octanol–water partition coefficient (Wildman–Crippen LogP) is 3.86. The summed E-state index contributed by atoms with van der Waals surface area (Å²) >= 11 is 3.59. The standard InChI is InChI=1S/C15H20BrN3O/c1-8-3-9(2)5-10(4-8)17-12-7-14-13(6-11(12)16)18-15(20)19-14/h6-10,17H,3-5H2,1-2H3,(H2,18,19,20). The molecule has 20 heavy (non-hydrogen) atoms. The smallest absolute Gasteiger partial charge is 0.323 e. The summed E-state index contributed by atoms with van der Waals surface area (Å²) in [6.07, 6.45) is 3.74. The highest BCUT2D eigenvalue weighted by Crippen LogP contribution is 2.33. The van der Waals surface area contributed by atoms with Crippen molar-refractivity contribution >= 4 is 32.7 Å². The van der Waals surface area contributed by atoms with Crippen LogP contribution in [0.15, 0.2) is 21.4 Å². The largest absolute Gasteiger partial charge is 0.381 e. The van der Waals surface area contributed by atoms with Crippen LogP contribution in [0.2, 0.25) is 0 Å². The van der Waals surface area contributed by atoms with E-state index in [4.69, 9.17) is 0 Å². The first-order valence-electron chi connectivity index (χ1n) is 7.19. The number of aromatic amines is 2. The molecule has 3 rings (SSSR count). The van der Waals surface area contributed by atoms with E-state index in [1.54, 1.807) is 0 Å². The fourth-order valence-corrected chi connectivity index (χ4v) is 3.91. The molecule has 4 nitrogen and oxygen atoms in total. The zero-order valence-corrected chi connectivity index (χ0v) is 13.4. The monoisotopic (exact) mass is 337 g/mol. The maximum Gasteiger partial charge on any atom is 0.323 e. The van der Waals surface area contributed by atoms with Crippen molar-refractivity contribution in [3.05, 3.63) is 27.1 Å². The summed E-state index contributed by atoms with van der Waals surface area (Å²) in [6.45, 7) is 4.65. The van der Waals surface area contributed by atoms with E-state index >= 15 is 0 Å². The molecule has 3 N–H and O–H groups in total. The van der Waals surface area contributed by atoms with Crippen molar-refractivity contribution < 1.29 is 0 Å². The summed E-state index contributed by atoms with van der Waals surface area (Å²) in [6, 6.07) is 4.46. The number of benzene rings is 1. The van der Waals surface area contributed by atoms with Crippen LogP contribution in [0.25, 0.3) is 11.0 Å². The average molecular weight is 338 g/mol.